The van der Waals surface area contributed by atoms with Crippen LogP contribution in [0.2, 0.25) is 0 Å². The van der Waals surface area contributed by atoms with Crippen LogP contribution in [0.4, 0.5) is 0 Å². The van der Waals surface area contributed by atoms with Crippen molar-refractivity contribution in [2.24, 2.45) is 0 Å². The van der Waals surface area contributed by atoms with Gasteiger partial charge in [-0.05, 0) is 35.7 Å². The van der Waals surface area contributed by atoms with Crippen molar-refractivity contribution in [3.05, 3.63) is 98.7 Å². The maximum atomic E-state index is 12.8. The number of amides is 1. The number of para-hydroxylation sites is 1. The van der Waals surface area contributed by atoms with Gasteiger partial charge in [-0.3, -0.25) is 14.5 Å². The SMILES string of the molecule is CCN(CCC(=O)NC(c1ccccc1)c1cccs1)Cc1nc2ccccc2c(=O)[nH]1. The first-order valence-corrected chi connectivity index (χ1v) is 11.6. The predicted octanol–water partition coefficient (Wildman–Crippen LogP) is 4.10. The highest BCUT2D eigenvalue weighted by Crippen LogP contribution is 2.26. The minimum absolute atomic E-state index is 0.00864. The van der Waals surface area contributed by atoms with Crippen molar-refractivity contribution in [3.8, 4) is 0 Å². The van der Waals surface area contributed by atoms with Crippen LogP contribution in [-0.4, -0.2) is 33.9 Å². The van der Waals surface area contributed by atoms with Crippen LogP contribution in [0.5, 0.6) is 0 Å². The highest BCUT2D eigenvalue weighted by Gasteiger charge is 2.18. The van der Waals surface area contributed by atoms with E-state index in [2.05, 4.69) is 20.2 Å². The maximum Gasteiger partial charge on any atom is 0.258 e. The molecule has 0 spiro atoms. The quantitative estimate of drug-likeness (QED) is 0.406. The van der Waals surface area contributed by atoms with Gasteiger partial charge in [0.2, 0.25) is 5.91 Å². The molecule has 32 heavy (non-hydrogen) atoms. The second-order valence-corrected chi connectivity index (χ2v) is 8.55. The number of benzene rings is 2. The number of nitrogens with one attached hydrogen (secondary N) is 2. The molecule has 4 rings (SSSR count). The summed E-state index contributed by atoms with van der Waals surface area (Å²) in [6, 6.07) is 21.2. The summed E-state index contributed by atoms with van der Waals surface area (Å²) in [7, 11) is 0. The Kier molecular flexibility index (Phi) is 7.09. The Morgan fingerprint density at radius 1 is 1.09 bits per heavy atom. The lowest BCUT2D eigenvalue weighted by atomic mass is 10.1. The lowest BCUT2D eigenvalue weighted by Crippen LogP contribution is -2.33. The summed E-state index contributed by atoms with van der Waals surface area (Å²) >= 11 is 1.63. The lowest BCUT2D eigenvalue weighted by molar-refractivity contribution is -0.121. The highest BCUT2D eigenvalue weighted by molar-refractivity contribution is 7.10. The molecule has 0 aliphatic carbocycles. The van der Waals surface area contributed by atoms with Crippen LogP contribution in [0, 0.1) is 0 Å². The van der Waals surface area contributed by atoms with Gasteiger partial charge in [0.15, 0.2) is 0 Å². The number of aromatic nitrogens is 2. The summed E-state index contributed by atoms with van der Waals surface area (Å²) in [6.45, 7) is 3.84. The van der Waals surface area contributed by atoms with E-state index in [1.54, 1.807) is 17.4 Å². The molecule has 1 amide bonds. The van der Waals surface area contributed by atoms with Gasteiger partial charge < -0.3 is 10.3 Å². The summed E-state index contributed by atoms with van der Waals surface area (Å²) in [4.78, 5) is 35.8. The fourth-order valence-electron chi connectivity index (χ4n) is 3.68. The molecule has 0 saturated heterocycles. The highest BCUT2D eigenvalue weighted by atomic mass is 32.1. The smallest absolute Gasteiger partial charge is 0.258 e. The average molecular weight is 447 g/mol. The fraction of sp³-hybridized carbons (Fsp3) is 0.240. The molecule has 1 unspecified atom stereocenters. The molecule has 0 saturated carbocycles. The van der Waals surface area contributed by atoms with Gasteiger partial charge in [0.1, 0.15) is 5.82 Å². The van der Waals surface area contributed by atoms with Crippen LogP contribution < -0.4 is 10.9 Å². The van der Waals surface area contributed by atoms with Gasteiger partial charge in [-0.25, -0.2) is 4.98 Å². The number of carbonyl (C=O) groups excluding carboxylic acids is 1. The monoisotopic (exact) mass is 446 g/mol. The number of thiophene rings is 1. The molecule has 0 aliphatic heterocycles. The minimum Gasteiger partial charge on any atom is -0.344 e. The molecule has 2 heterocycles. The Hall–Kier alpha value is -3.29. The molecule has 0 fully saturated rings. The molecular formula is C25H26N4O2S. The van der Waals surface area contributed by atoms with Gasteiger partial charge in [-0.2, -0.15) is 0 Å². The molecule has 6 nitrogen and oxygen atoms in total. The van der Waals surface area contributed by atoms with Gasteiger partial charge in [0, 0.05) is 17.8 Å². The number of H-pyrrole nitrogens is 1. The van der Waals surface area contributed by atoms with Gasteiger partial charge in [-0.1, -0.05) is 55.5 Å². The Balaban J connectivity index is 1.40. The number of nitrogens with zero attached hydrogens (tertiary/aromatic N) is 2. The van der Waals surface area contributed by atoms with E-state index in [0.717, 1.165) is 17.0 Å². The van der Waals surface area contributed by atoms with E-state index in [4.69, 9.17) is 0 Å². The lowest BCUT2D eigenvalue weighted by Gasteiger charge is -2.22. The zero-order valence-corrected chi connectivity index (χ0v) is 18.8. The van der Waals surface area contributed by atoms with Crippen LogP contribution in [0.1, 0.15) is 35.7 Å². The number of hydrogen-bond donors (Lipinski definition) is 2. The number of fused-ring (bicyclic) bond motifs is 1. The van der Waals surface area contributed by atoms with Crippen LogP contribution in [-0.2, 0) is 11.3 Å². The Labute approximate surface area is 190 Å². The summed E-state index contributed by atoms with van der Waals surface area (Å²) in [5.74, 6) is 0.599. The molecule has 2 aromatic carbocycles. The normalized spacial score (nSPS) is 12.2. The molecule has 164 valence electrons. The van der Waals surface area contributed by atoms with Crippen molar-refractivity contribution in [2.75, 3.05) is 13.1 Å². The first-order valence-electron chi connectivity index (χ1n) is 10.7. The first-order chi connectivity index (χ1) is 15.6. The van der Waals surface area contributed by atoms with E-state index >= 15 is 0 Å². The van der Waals surface area contributed by atoms with E-state index < -0.39 is 0 Å². The zero-order valence-electron chi connectivity index (χ0n) is 18.0. The molecule has 2 aromatic heterocycles. The van der Waals surface area contributed by atoms with Gasteiger partial charge in [0.05, 0.1) is 23.5 Å². The van der Waals surface area contributed by atoms with E-state index in [0.29, 0.717) is 36.2 Å². The minimum atomic E-state index is -0.155. The molecule has 1 atom stereocenters. The molecule has 0 radical (unpaired) electrons. The van der Waals surface area contributed by atoms with E-state index in [1.165, 1.54) is 0 Å². The van der Waals surface area contributed by atoms with Crippen LogP contribution in [0.3, 0.4) is 0 Å². The average Bonchev–Trinajstić information content (AvgIpc) is 3.35. The first kappa shape index (κ1) is 21.9. The second-order valence-electron chi connectivity index (χ2n) is 7.58. The molecule has 2 N–H and O–H groups in total. The largest absolute Gasteiger partial charge is 0.344 e. The third kappa shape index (κ3) is 5.30. The molecule has 0 aliphatic rings. The number of rotatable bonds is 9. The summed E-state index contributed by atoms with van der Waals surface area (Å²) in [6.07, 6.45) is 0.361. The molecule has 4 aromatic rings. The molecular weight excluding hydrogens is 420 g/mol. The van der Waals surface area contributed by atoms with Crippen molar-refractivity contribution < 1.29 is 4.79 Å². The van der Waals surface area contributed by atoms with Gasteiger partial charge in [-0.15, -0.1) is 11.3 Å². The van der Waals surface area contributed by atoms with Crippen molar-refractivity contribution >= 4 is 28.1 Å². The Morgan fingerprint density at radius 2 is 1.88 bits per heavy atom. The fourth-order valence-corrected chi connectivity index (χ4v) is 4.49. The number of carbonyl (C=O) groups is 1. The van der Waals surface area contributed by atoms with Crippen LogP contribution in [0.25, 0.3) is 10.9 Å². The summed E-state index contributed by atoms with van der Waals surface area (Å²) < 4.78 is 0. The van der Waals surface area contributed by atoms with E-state index in [9.17, 15) is 9.59 Å². The standard InChI is InChI=1S/C25H26N4O2S/c1-2-29(17-22-26-20-12-7-6-11-19(20)25(31)27-22)15-14-23(30)28-24(21-13-8-16-32-21)18-9-4-3-5-10-18/h3-13,16,24H,2,14-15,17H2,1H3,(H,28,30)(H,26,27,31). The van der Waals surface area contributed by atoms with Gasteiger partial charge in [0.25, 0.3) is 5.56 Å². The van der Waals surface area contributed by atoms with E-state index in [1.807, 2.05) is 73.0 Å². The molecule has 0 bridgehead atoms. The third-order valence-electron chi connectivity index (χ3n) is 5.40. The predicted molar refractivity (Wildman–Crippen MR) is 129 cm³/mol. The third-order valence-corrected chi connectivity index (χ3v) is 6.34. The van der Waals surface area contributed by atoms with Crippen molar-refractivity contribution in [1.29, 1.82) is 0 Å². The Bertz CT molecular complexity index is 1220. The second kappa shape index (κ2) is 10.3. The zero-order chi connectivity index (χ0) is 22.3. The summed E-state index contributed by atoms with van der Waals surface area (Å²) in [5, 5.41) is 5.79. The maximum absolute atomic E-state index is 12.8. The van der Waals surface area contributed by atoms with Crippen molar-refractivity contribution in [3.63, 3.8) is 0 Å². The van der Waals surface area contributed by atoms with E-state index in [-0.39, 0.29) is 17.5 Å². The number of aromatic amines is 1. The Morgan fingerprint density at radius 3 is 2.62 bits per heavy atom. The van der Waals surface area contributed by atoms with Crippen molar-refractivity contribution in [2.45, 2.75) is 25.9 Å². The number of hydrogen-bond acceptors (Lipinski definition) is 5. The topological polar surface area (TPSA) is 78.1 Å². The van der Waals surface area contributed by atoms with Crippen LogP contribution >= 0.6 is 11.3 Å². The van der Waals surface area contributed by atoms with Gasteiger partial charge >= 0.3 is 0 Å². The molecule has 7 heteroatoms. The summed E-state index contributed by atoms with van der Waals surface area (Å²) in [5.41, 5.74) is 1.61. The van der Waals surface area contributed by atoms with Crippen molar-refractivity contribution in [1.82, 2.24) is 20.2 Å². The van der Waals surface area contributed by atoms with Crippen LogP contribution in [0.15, 0.2) is 76.9 Å².